The number of pyridine rings is 1. The Morgan fingerprint density at radius 1 is 1.10 bits per heavy atom. The average Bonchev–Trinajstić information content (AvgIpc) is 2.92. The number of aliphatic imine (C=N–C) groups is 1. The van der Waals surface area contributed by atoms with Gasteiger partial charge in [-0.3, -0.25) is 14.6 Å². The van der Waals surface area contributed by atoms with E-state index in [-0.39, 0.29) is 28.2 Å². The standard InChI is InChI=1S/C34H51N5O2/c1-8-10-11-12-14-36-15-16-37-22-25(21-35)26-17-24-18-33(34(3,4)5)39-23-28(31(40)13-9-2)32(41)20-30(39)27(24)19-29(26)38(6)7/h17,19-23,33,36H,8-16,18,35H2,1-7H3. The minimum Gasteiger partial charge on any atom is -0.404 e. The molecule has 3 rings (SSSR count). The van der Waals surface area contributed by atoms with Crippen molar-refractivity contribution in [2.75, 3.05) is 38.6 Å². The quantitative estimate of drug-likeness (QED) is 0.162. The smallest absolute Gasteiger partial charge is 0.192 e. The minimum atomic E-state index is -0.209. The van der Waals surface area contributed by atoms with Crippen molar-refractivity contribution in [3.8, 4) is 11.3 Å². The summed E-state index contributed by atoms with van der Waals surface area (Å²) in [6, 6.07) is 6.11. The van der Waals surface area contributed by atoms with Crippen molar-refractivity contribution in [2.45, 2.75) is 85.6 Å². The van der Waals surface area contributed by atoms with Crippen molar-refractivity contribution in [1.82, 2.24) is 9.88 Å². The van der Waals surface area contributed by atoms with Crippen LogP contribution in [0.5, 0.6) is 0 Å². The fraction of sp³-hybridized carbons (Fsp3) is 0.559. The highest BCUT2D eigenvalue weighted by Crippen LogP contribution is 2.45. The van der Waals surface area contributed by atoms with Crippen LogP contribution in [0, 0.1) is 5.41 Å². The van der Waals surface area contributed by atoms with Gasteiger partial charge in [-0.1, -0.05) is 53.9 Å². The Hall–Kier alpha value is -3.19. The molecule has 1 aromatic heterocycles. The Morgan fingerprint density at radius 2 is 1.85 bits per heavy atom. The van der Waals surface area contributed by atoms with Crippen LogP contribution in [0.15, 0.2) is 40.4 Å². The minimum absolute atomic E-state index is 0.0826. The maximum Gasteiger partial charge on any atom is 0.192 e. The van der Waals surface area contributed by atoms with Crippen molar-refractivity contribution in [2.24, 2.45) is 16.1 Å². The van der Waals surface area contributed by atoms with E-state index in [0.717, 1.165) is 54.0 Å². The summed E-state index contributed by atoms with van der Waals surface area (Å²) in [5.41, 5.74) is 12.1. The van der Waals surface area contributed by atoms with Crippen LogP contribution in [0.1, 0.15) is 101 Å². The second kappa shape index (κ2) is 14.6. The first-order valence-corrected chi connectivity index (χ1v) is 15.3. The number of carbonyl (C=O) groups is 1. The lowest BCUT2D eigenvalue weighted by Crippen LogP contribution is -2.33. The van der Waals surface area contributed by atoms with Crippen LogP contribution in [0.25, 0.3) is 16.8 Å². The largest absolute Gasteiger partial charge is 0.404 e. The second-order valence-corrected chi connectivity index (χ2v) is 12.5. The summed E-state index contributed by atoms with van der Waals surface area (Å²) >= 11 is 0. The Morgan fingerprint density at radius 3 is 2.49 bits per heavy atom. The molecule has 0 bridgehead atoms. The lowest BCUT2D eigenvalue weighted by Gasteiger charge is -2.39. The Balaban J connectivity index is 1.98. The summed E-state index contributed by atoms with van der Waals surface area (Å²) < 4.78 is 2.17. The normalized spacial score (nSPS) is 15.2. The van der Waals surface area contributed by atoms with E-state index in [1.807, 2.05) is 33.4 Å². The van der Waals surface area contributed by atoms with Crippen molar-refractivity contribution >= 4 is 23.3 Å². The van der Waals surface area contributed by atoms with Crippen molar-refractivity contribution in [3.63, 3.8) is 0 Å². The zero-order valence-electron chi connectivity index (χ0n) is 26.3. The molecule has 1 aliphatic rings. The highest BCUT2D eigenvalue weighted by atomic mass is 16.1. The van der Waals surface area contributed by atoms with E-state index >= 15 is 0 Å². The molecule has 2 aromatic rings. The summed E-state index contributed by atoms with van der Waals surface area (Å²) in [7, 11) is 4.03. The van der Waals surface area contributed by atoms with Crippen LogP contribution >= 0.6 is 0 Å². The van der Waals surface area contributed by atoms with Crippen LogP contribution in [-0.4, -0.2) is 50.3 Å². The van der Waals surface area contributed by atoms with Gasteiger partial charge in [0, 0.05) is 80.2 Å². The van der Waals surface area contributed by atoms with Gasteiger partial charge in [0.1, 0.15) is 0 Å². The maximum absolute atomic E-state index is 13.2. The number of Topliss-reactive ketones (excluding diaryl/α,β-unsaturated/α-hetero) is 1. The molecule has 3 N–H and O–H groups in total. The molecule has 0 saturated heterocycles. The third kappa shape index (κ3) is 7.97. The number of ketones is 1. The number of carbonyl (C=O) groups excluding carboxylic acids is 1. The van der Waals surface area contributed by atoms with Gasteiger partial charge in [0.25, 0.3) is 0 Å². The Labute approximate surface area is 246 Å². The molecule has 0 spiro atoms. The molecule has 0 aliphatic carbocycles. The predicted molar refractivity (Wildman–Crippen MR) is 174 cm³/mol. The fourth-order valence-electron chi connectivity index (χ4n) is 5.58. The van der Waals surface area contributed by atoms with Crippen LogP contribution in [0.3, 0.4) is 0 Å². The summed E-state index contributed by atoms with van der Waals surface area (Å²) in [6.07, 6.45) is 12.2. The number of hydrogen-bond donors (Lipinski definition) is 2. The predicted octanol–water partition coefficient (Wildman–Crippen LogP) is 6.25. The van der Waals surface area contributed by atoms with E-state index in [1.54, 1.807) is 12.3 Å². The lowest BCUT2D eigenvalue weighted by molar-refractivity contribution is 0.0979. The van der Waals surface area contributed by atoms with Gasteiger partial charge in [-0.15, -0.1) is 0 Å². The highest BCUT2D eigenvalue weighted by Gasteiger charge is 2.34. The molecule has 1 unspecified atom stereocenters. The molecular weight excluding hydrogens is 510 g/mol. The lowest BCUT2D eigenvalue weighted by atomic mass is 9.78. The van der Waals surface area contributed by atoms with E-state index in [9.17, 15) is 9.59 Å². The Bertz CT molecular complexity index is 1310. The number of rotatable bonds is 14. The fourth-order valence-corrected chi connectivity index (χ4v) is 5.58. The number of aromatic nitrogens is 1. The van der Waals surface area contributed by atoms with Crippen molar-refractivity contribution in [1.29, 1.82) is 0 Å². The summed E-state index contributed by atoms with van der Waals surface area (Å²) in [6.45, 7) is 13.4. The number of allylic oxidation sites excluding steroid dienone is 1. The number of nitrogens with one attached hydrogen (secondary N) is 1. The molecule has 7 nitrogen and oxygen atoms in total. The summed E-state index contributed by atoms with van der Waals surface area (Å²) in [5, 5.41) is 3.48. The second-order valence-electron chi connectivity index (χ2n) is 12.5. The molecular formula is C34H51N5O2. The molecule has 1 atom stereocenters. The number of hydrogen-bond acceptors (Lipinski definition) is 6. The third-order valence-corrected chi connectivity index (χ3v) is 7.93. The monoisotopic (exact) mass is 561 g/mol. The van der Waals surface area contributed by atoms with E-state index in [2.05, 4.69) is 59.6 Å². The van der Waals surface area contributed by atoms with Gasteiger partial charge < -0.3 is 20.5 Å². The topological polar surface area (TPSA) is 92.7 Å². The third-order valence-electron chi connectivity index (χ3n) is 7.93. The molecule has 2 heterocycles. The molecule has 0 fully saturated rings. The van der Waals surface area contributed by atoms with Gasteiger partial charge in [-0.05, 0) is 48.9 Å². The van der Waals surface area contributed by atoms with E-state index in [1.165, 1.54) is 31.2 Å². The van der Waals surface area contributed by atoms with E-state index in [0.29, 0.717) is 13.0 Å². The van der Waals surface area contributed by atoms with Crippen LogP contribution < -0.4 is 21.4 Å². The molecule has 0 saturated carbocycles. The SMILES string of the molecule is CCCCCCNCCN=CC(=CN)c1cc2c(cc1N(C)C)-c1cc(=O)c(C(=O)CCC)cn1C(C(C)(C)C)C2. The van der Waals surface area contributed by atoms with Gasteiger partial charge in [0.15, 0.2) is 11.2 Å². The number of fused-ring (bicyclic) bond motifs is 3. The number of anilines is 1. The molecule has 41 heavy (non-hydrogen) atoms. The van der Waals surface area contributed by atoms with E-state index in [4.69, 9.17) is 5.73 Å². The average molecular weight is 562 g/mol. The first-order chi connectivity index (χ1) is 19.5. The van der Waals surface area contributed by atoms with Gasteiger partial charge >= 0.3 is 0 Å². The van der Waals surface area contributed by atoms with Crippen LogP contribution in [0.4, 0.5) is 5.69 Å². The van der Waals surface area contributed by atoms with Crippen LogP contribution in [-0.2, 0) is 6.42 Å². The number of unbranched alkanes of at least 4 members (excludes halogenated alkanes) is 3. The van der Waals surface area contributed by atoms with Crippen molar-refractivity contribution in [3.05, 3.63) is 57.5 Å². The summed E-state index contributed by atoms with van der Waals surface area (Å²) in [4.78, 5) is 32.7. The van der Waals surface area contributed by atoms with Gasteiger partial charge in [0.2, 0.25) is 0 Å². The molecule has 0 radical (unpaired) electrons. The summed E-state index contributed by atoms with van der Waals surface area (Å²) in [5.74, 6) is -0.0840. The molecule has 0 amide bonds. The van der Waals surface area contributed by atoms with Gasteiger partial charge in [-0.2, -0.15) is 0 Å². The van der Waals surface area contributed by atoms with E-state index < -0.39 is 0 Å². The van der Waals surface area contributed by atoms with Crippen LogP contribution in [0.2, 0.25) is 0 Å². The molecule has 7 heteroatoms. The molecule has 224 valence electrons. The zero-order valence-corrected chi connectivity index (χ0v) is 26.3. The number of nitrogens with zero attached hydrogens (tertiary/aromatic N) is 3. The first-order valence-electron chi connectivity index (χ1n) is 15.3. The zero-order chi connectivity index (χ0) is 30.2. The first kappa shape index (κ1) is 32.3. The number of benzene rings is 1. The van der Waals surface area contributed by atoms with Gasteiger partial charge in [-0.25, -0.2) is 0 Å². The molecule has 1 aliphatic heterocycles. The highest BCUT2D eigenvalue weighted by molar-refractivity contribution is 6.12. The van der Waals surface area contributed by atoms with Crippen molar-refractivity contribution < 1.29 is 4.79 Å². The van der Waals surface area contributed by atoms with Gasteiger partial charge in [0.05, 0.1) is 17.8 Å². The number of nitrogens with two attached hydrogens (primary N) is 1. The Kier molecular flexibility index (Phi) is 11.5. The molecule has 1 aromatic carbocycles. The maximum atomic E-state index is 13.2.